The third-order valence-electron chi connectivity index (χ3n) is 1.44. The fourth-order valence-electron chi connectivity index (χ4n) is 0.674. The summed E-state index contributed by atoms with van der Waals surface area (Å²) in [5.41, 5.74) is 0. The first-order chi connectivity index (χ1) is 6.16. The molecule has 0 saturated heterocycles. The summed E-state index contributed by atoms with van der Waals surface area (Å²) in [7, 11) is 5.57. The Morgan fingerprint density at radius 1 is 1.38 bits per heavy atom. The van der Waals surface area contributed by atoms with E-state index in [0.717, 1.165) is 6.54 Å². The number of amides is 2. The van der Waals surface area contributed by atoms with Crippen LogP contribution in [-0.2, 0) is 4.74 Å². The lowest BCUT2D eigenvalue weighted by Gasteiger charge is -2.09. The van der Waals surface area contributed by atoms with Gasteiger partial charge in [0.25, 0.3) is 0 Å². The third-order valence-corrected chi connectivity index (χ3v) is 1.44. The average Bonchev–Trinajstić information content (AvgIpc) is 2.10. The van der Waals surface area contributed by atoms with Crippen molar-refractivity contribution < 1.29 is 9.53 Å². The van der Waals surface area contributed by atoms with E-state index in [-0.39, 0.29) is 6.03 Å². The molecule has 2 N–H and O–H groups in total. The molecule has 0 spiro atoms. The lowest BCUT2D eigenvalue weighted by Crippen LogP contribution is -2.35. The van der Waals surface area contributed by atoms with Gasteiger partial charge in [0.05, 0.1) is 13.2 Å². The Hall–Kier alpha value is -0.810. The highest BCUT2D eigenvalue weighted by Gasteiger charge is 1.94. The molecule has 0 atom stereocenters. The molecule has 0 aliphatic rings. The Labute approximate surface area is 79.4 Å². The van der Waals surface area contributed by atoms with E-state index in [0.29, 0.717) is 19.8 Å². The maximum Gasteiger partial charge on any atom is 0.314 e. The molecule has 2 amide bonds. The minimum absolute atomic E-state index is 0.170. The van der Waals surface area contributed by atoms with E-state index in [9.17, 15) is 4.79 Å². The van der Waals surface area contributed by atoms with Crippen LogP contribution >= 0.6 is 0 Å². The topological polar surface area (TPSA) is 53.6 Å². The zero-order valence-electron chi connectivity index (χ0n) is 8.59. The van der Waals surface area contributed by atoms with E-state index >= 15 is 0 Å². The number of nitrogens with zero attached hydrogens (tertiary/aromatic N) is 1. The summed E-state index contributed by atoms with van der Waals surface area (Å²) in [6.07, 6.45) is 0. The minimum atomic E-state index is -0.170. The van der Waals surface area contributed by atoms with Gasteiger partial charge in [0.1, 0.15) is 0 Å². The second-order valence-electron chi connectivity index (χ2n) is 2.92. The molecule has 0 heterocycles. The number of urea groups is 1. The van der Waals surface area contributed by atoms with Crippen molar-refractivity contribution in [1.82, 2.24) is 15.5 Å². The monoisotopic (exact) mass is 189 g/mol. The second-order valence-corrected chi connectivity index (χ2v) is 2.92. The molecular weight excluding hydrogens is 170 g/mol. The highest BCUT2D eigenvalue weighted by molar-refractivity contribution is 5.73. The molecule has 0 unspecified atom stereocenters. The van der Waals surface area contributed by atoms with Gasteiger partial charge in [0.15, 0.2) is 0 Å². The molecular formula is C8H19N3O2. The van der Waals surface area contributed by atoms with Crippen LogP contribution in [0.4, 0.5) is 4.79 Å². The Balaban J connectivity index is 3.04. The lowest BCUT2D eigenvalue weighted by atomic mass is 10.6. The van der Waals surface area contributed by atoms with Crippen LogP contribution in [0.1, 0.15) is 0 Å². The van der Waals surface area contributed by atoms with Gasteiger partial charge in [-0.05, 0) is 14.1 Å². The molecule has 0 aromatic rings. The summed E-state index contributed by atoms with van der Waals surface area (Å²) in [6, 6.07) is -0.170. The fourth-order valence-corrected chi connectivity index (χ4v) is 0.674. The van der Waals surface area contributed by atoms with Gasteiger partial charge in [-0.2, -0.15) is 0 Å². The molecule has 5 nitrogen and oxygen atoms in total. The van der Waals surface area contributed by atoms with Crippen molar-refractivity contribution in [2.75, 3.05) is 47.4 Å². The maximum absolute atomic E-state index is 10.7. The molecule has 0 radical (unpaired) electrons. The predicted octanol–water partition coefficient (Wildman–Crippen LogP) is -0.506. The Morgan fingerprint density at radius 2 is 2.08 bits per heavy atom. The highest BCUT2D eigenvalue weighted by atomic mass is 16.5. The van der Waals surface area contributed by atoms with Crippen LogP contribution in [0.2, 0.25) is 0 Å². The molecule has 0 aromatic heterocycles. The smallest absolute Gasteiger partial charge is 0.314 e. The second kappa shape index (κ2) is 7.82. The largest absolute Gasteiger partial charge is 0.378 e. The van der Waals surface area contributed by atoms with Crippen LogP contribution in [0.25, 0.3) is 0 Å². The van der Waals surface area contributed by atoms with E-state index in [1.165, 1.54) is 0 Å². The molecule has 13 heavy (non-hydrogen) atoms. The first kappa shape index (κ1) is 12.2. The van der Waals surface area contributed by atoms with Gasteiger partial charge in [-0.25, -0.2) is 4.79 Å². The summed E-state index contributed by atoms with van der Waals surface area (Å²) in [5, 5.41) is 5.09. The van der Waals surface area contributed by atoms with Crippen molar-refractivity contribution in [3.8, 4) is 0 Å². The van der Waals surface area contributed by atoms with Gasteiger partial charge in [-0.1, -0.05) is 0 Å². The number of rotatable bonds is 6. The highest BCUT2D eigenvalue weighted by Crippen LogP contribution is 1.77. The van der Waals surface area contributed by atoms with Crippen LogP contribution in [0.3, 0.4) is 0 Å². The summed E-state index contributed by atoms with van der Waals surface area (Å²) in [4.78, 5) is 12.7. The summed E-state index contributed by atoms with van der Waals surface area (Å²) >= 11 is 0. The van der Waals surface area contributed by atoms with Gasteiger partial charge < -0.3 is 20.3 Å². The van der Waals surface area contributed by atoms with Gasteiger partial charge in [-0.3, -0.25) is 0 Å². The van der Waals surface area contributed by atoms with E-state index in [1.54, 1.807) is 7.05 Å². The van der Waals surface area contributed by atoms with Crippen LogP contribution in [0.5, 0.6) is 0 Å². The van der Waals surface area contributed by atoms with Crippen molar-refractivity contribution in [2.45, 2.75) is 0 Å². The van der Waals surface area contributed by atoms with Crippen molar-refractivity contribution in [3.63, 3.8) is 0 Å². The van der Waals surface area contributed by atoms with Crippen molar-refractivity contribution in [3.05, 3.63) is 0 Å². The predicted molar refractivity (Wildman–Crippen MR) is 51.8 cm³/mol. The molecule has 0 bridgehead atoms. The fraction of sp³-hybridized carbons (Fsp3) is 0.875. The maximum atomic E-state index is 10.7. The first-order valence-corrected chi connectivity index (χ1v) is 4.35. The standard InChI is InChI=1S/C8H19N3O2/c1-9-8(12)10-4-6-13-7-5-11(2)3/h4-7H2,1-3H3,(H2,9,10,12). The SMILES string of the molecule is CNC(=O)NCCOCCN(C)C. The summed E-state index contributed by atoms with van der Waals surface area (Å²) in [6.45, 7) is 2.71. The minimum Gasteiger partial charge on any atom is -0.378 e. The third kappa shape index (κ3) is 9.10. The zero-order chi connectivity index (χ0) is 10.1. The van der Waals surface area contributed by atoms with Crippen molar-refractivity contribution >= 4 is 6.03 Å². The lowest BCUT2D eigenvalue weighted by molar-refractivity contribution is 0.120. The van der Waals surface area contributed by atoms with Gasteiger partial charge >= 0.3 is 6.03 Å². The molecule has 78 valence electrons. The molecule has 5 heteroatoms. The zero-order valence-corrected chi connectivity index (χ0v) is 8.59. The van der Waals surface area contributed by atoms with E-state index in [4.69, 9.17) is 4.74 Å². The Bertz CT molecular complexity index is 139. The number of hydrogen-bond acceptors (Lipinski definition) is 3. The van der Waals surface area contributed by atoms with Crippen molar-refractivity contribution in [1.29, 1.82) is 0 Å². The van der Waals surface area contributed by atoms with Crippen LogP contribution in [0, 0.1) is 0 Å². The van der Waals surface area contributed by atoms with Gasteiger partial charge in [0, 0.05) is 20.1 Å². The number of nitrogens with one attached hydrogen (secondary N) is 2. The molecule has 0 aliphatic carbocycles. The number of likely N-dealkylation sites (N-methyl/N-ethyl adjacent to an activating group) is 1. The molecule has 0 rings (SSSR count). The van der Waals surface area contributed by atoms with Gasteiger partial charge in [0.2, 0.25) is 0 Å². The van der Waals surface area contributed by atoms with E-state index < -0.39 is 0 Å². The average molecular weight is 189 g/mol. The van der Waals surface area contributed by atoms with Crippen LogP contribution in [-0.4, -0.2) is 58.4 Å². The van der Waals surface area contributed by atoms with Crippen LogP contribution < -0.4 is 10.6 Å². The number of carbonyl (C=O) groups is 1. The Kier molecular flexibility index (Phi) is 7.33. The number of ether oxygens (including phenoxy) is 1. The number of hydrogen-bond donors (Lipinski definition) is 2. The number of carbonyl (C=O) groups excluding carboxylic acids is 1. The first-order valence-electron chi connectivity index (χ1n) is 4.35. The summed E-state index contributed by atoms with van der Waals surface area (Å²) in [5.74, 6) is 0. The van der Waals surface area contributed by atoms with E-state index in [2.05, 4.69) is 10.6 Å². The van der Waals surface area contributed by atoms with Gasteiger partial charge in [-0.15, -0.1) is 0 Å². The summed E-state index contributed by atoms with van der Waals surface area (Å²) < 4.78 is 5.26. The molecule has 0 fully saturated rings. The van der Waals surface area contributed by atoms with Crippen LogP contribution in [0.15, 0.2) is 0 Å². The quantitative estimate of drug-likeness (QED) is 0.554. The normalized spacial score (nSPS) is 10.2. The molecule has 0 aromatic carbocycles. The van der Waals surface area contributed by atoms with E-state index in [1.807, 2.05) is 19.0 Å². The molecule has 0 saturated carbocycles. The Morgan fingerprint density at radius 3 is 2.62 bits per heavy atom. The molecule has 0 aliphatic heterocycles. The van der Waals surface area contributed by atoms with Crippen molar-refractivity contribution in [2.24, 2.45) is 0 Å².